The minimum atomic E-state index is -0.684. The molecule has 1 aliphatic rings. The Balaban J connectivity index is 1.97. The molecular weight excluding hydrogens is 437 g/mol. The zero-order valence-electron chi connectivity index (χ0n) is 16.8. The van der Waals surface area contributed by atoms with E-state index in [4.69, 9.17) is 39.7 Å². The molecule has 0 radical (unpaired) electrons. The number of aliphatic imine (C=N–C) groups is 1. The lowest BCUT2D eigenvalue weighted by atomic mass is 9.89. The van der Waals surface area contributed by atoms with Crippen molar-refractivity contribution in [3.05, 3.63) is 67.5 Å². The summed E-state index contributed by atoms with van der Waals surface area (Å²) >= 11 is 13.9. The fourth-order valence-corrected chi connectivity index (χ4v) is 4.87. The number of carbonyl (C=O) groups is 1. The van der Waals surface area contributed by atoms with Crippen LogP contribution < -0.4 is 11.5 Å². The maximum Gasteiger partial charge on any atom is 0.264 e. The number of rotatable bonds is 6. The minimum absolute atomic E-state index is 0.0217. The van der Waals surface area contributed by atoms with Gasteiger partial charge in [0, 0.05) is 15.5 Å². The SMILES string of the molecule is CC(C(=Nc1ccc(Cl)cc1Cl)c1ccc(/C=C/C2CCCCC2)s1)=C(N)C(N)=O. The highest BCUT2D eigenvalue weighted by Crippen LogP contribution is 2.32. The molecule has 7 heteroatoms. The molecule has 0 atom stereocenters. The minimum Gasteiger partial charge on any atom is -0.394 e. The van der Waals surface area contributed by atoms with Gasteiger partial charge in [0.15, 0.2) is 0 Å². The third kappa shape index (κ3) is 5.75. The zero-order valence-corrected chi connectivity index (χ0v) is 19.2. The van der Waals surface area contributed by atoms with Gasteiger partial charge in [-0.25, -0.2) is 4.99 Å². The fraction of sp³-hybridized carbons (Fsp3) is 0.304. The Hall–Kier alpha value is -2.08. The number of benzene rings is 1. The summed E-state index contributed by atoms with van der Waals surface area (Å²) in [7, 11) is 0. The summed E-state index contributed by atoms with van der Waals surface area (Å²) in [4.78, 5) is 18.4. The van der Waals surface area contributed by atoms with E-state index in [2.05, 4.69) is 12.2 Å². The van der Waals surface area contributed by atoms with Crippen LogP contribution in [0.25, 0.3) is 6.08 Å². The summed E-state index contributed by atoms with van der Waals surface area (Å²) < 4.78 is 0. The zero-order chi connectivity index (χ0) is 21.7. The van der Waals surface area contributed by atoms with Crippen molar-refractivity contribution in [1.29, 1.82) is 0 Å². The predicted molar refractivity (Wildman–Crippen MR) is 129 cm³/mol. The number of amides is 1. The van der Waals surface area contributed by atoms with Gasteiger partial charge in [0.05, 0.1) is 21.3 Å². The number of thiophene rings is 1. The van der Waals surface area contributed by atoms with E-state index in [9.17, 15) is 4.79 Å². The second-order valence-corrected chi connectivity index (χ2v) is 9.38. The molecular formula is C23H25Cl2N3OS. The van der Waals surface area contributed by atoms with E-state index in [0.717, 1.165) is 9.75 Å². The van der Waals surface area contributed by atoms with Gasteiger partial charge in [0.2, 0.25) is 0 Å². The Kier molecular flexibility index (Phi) is 7.75. The third-order valence-electron chi connectivity index (χ3n) is 5.21. The number of carbonyl (C=O) groups excluding carboxylic acids is 1. The van der Waals surface area contributed by atoms with Crippen molar-refractivity contribution in [2.24, 2.45) is 22.4 Å². The van der Waals surface area contributed by atoms with Gasteiger partial charge in [0.25, 0.3) is 5.91 Å². The standard InChI is InChI=1S/C23H25Cl2N3OS/c1-14(21(26)23(27)29)22(28-19-11-8-16(24)13-18(19)25)20-12-10-17(30-20)9-7-15-5-3-2-4-6-15/h7-13,15H,2-6,26H2,1H3,(H2,27,29)/b9-7+,21-14?,28-22?. The number of nitrogens with two attached hydrogens (primary N) is 2. The first-order valence-electron chi connectivity index (χ1n) is 9.94. The van der Waals surface area contributed by atoms with Crippen molar-refractivity contribution in [2.45, 2.75) is 39.0 Å². The molecule has 1 fully saturated rings. The summed E-state index contributed by atoms with van der Waals surface area (Å²) in [6, 6.07) is 9.10. The van der Waals surface area contributed by atoms with Gasteiger partial charge in [-0.15, -0.1) is 11.3 Å². The highest BCUT2D eigenvalue weighted by Gasteiger charge is 2.16. The van der Waals surface area contributed by atoms with E-state index in [-0.39, 0.29) is 5.70 Å². The van der Waals surface area contributed by atoms with Crippen LogP contribution in [0.1, 0.15) is 48.8 Å². The maximum atomic E-state index is 11.7. The molecule has 2 aromatic rings. The summed E-state index contributed by atoms with van der Waals surface area (Å²) in [5.74, 6) is -0.0335. The number of nitrogens with zero attached hydrogens (tertiary/aromatic N) is 1. The molecule has 0 saturated heterocycles. The lowest BCUT2D eigenvalue weighted by Gasteiger charge is -2.17. The molecule has 1 aromatic heterocycles. The third-order valence-corrected chi connectivity index (χ3v) is 6.80. The molecule has 0 bridgehead atoms. The average molecular weight is 462 g/mol. The van der Waals surface area contributed by atoms with Crippen molar-refractivity contribution in [1.82, 2.24) is 0 Å². The van der Waals surface area contributed by atoms with Gasteiger partial charge in [-0.05, 0) is 62.1 Å². The second kappa shape index (κ2) is 10.3. The number of halogens is 2. The molecule has 4 nitrogen and oxygen atoms in total. The first kappa shape index (κ1) is 22.6. The van der Waals surface area contributed by atoms with Crippen LogP contribution in [0, 0.1) is 5.92 Å². The van der Waals surface area contributed by atoms with E-state index in [1.807, 2.05) is 12.1 Å². The van der Waals surface area contributed by atoms with Gasteiger partial charge >= 0.3 is 0 Å². The van der Waals surface area contributed by atoms with Crippen LogP contribution in [0.3, 0.4) is 0 Å². The molecule has 0 spiro atoms. The molecule has 1 amide bonds. The summed E-state index contributed by atoms with van der Waals surface area (Å²) in [6.07, 6.45) is 10.9. The van der Waals surface area contributed by atoms with Crippen LogP contribution in [0.4, 0.5) is 5.69 Å². The van der Waals surface area contributed by atoms with Crippen molar-refractivity contribution < 1.29 is 4.79 Å². The topological polar surface area (TPSA) is 81.5 Å². The summed E-state index contributed by atoms with van der Waals surface area (Å²) in [5.41, 5.74) is 12.9. The van der Waals surface area contributed by atoms with Crippen molar-refractivity contribution >= 4 is 57.9 Å². The molecule has 0 unspecified atom stereocenters. The number of primary amides is 1. The molecule has 0 aliphatic heterocycles. The Morgan fingerprint density at radius 1 is 1.13 bits per heavy atom. The molecule has 1 aliphatic carbocycles. The molecule has 1 heterocycles. The summed E-state index contributed by atoms with van der Waals surface area (Å²) in [6.45, 7) is 1.74. The monoisotopic (exact) mass is 461 g/mol. The quantitative estimate of drug-likeness (QED) is 0.380. The van der Waals surface area contributed by atoms with Crippen LogP contribution in [0.15, 0.2) is 52.7 Å². The van der Waals surface area contributed by atoms with Crippen LogP contribution in [0.2, 0.25) is 10.0 Å². The normalized spacial score (nSPS) is 16.7. The van der Waals surface area contributed by atoms with Crippen molar-refractivity contribution in [3.8, 4) is 0 Å². The molecule has 1 saturated carbocycles. The number of hydrogen-bond acceptors (Lipinski definition) is 4. The van der Waals surface area contributed by atoms with E-state index >= 15 is 0 Å². The Morgan fingerprint density at radius 2 is 1.87 bits per heavy atom. The molecule has 158 valence electrons. The number of allylic oxidation sites excluding steroid dienone is 2. The first-order chi connectivity index (χ1) is 14.3. The van der Waals surface area contributed by atoms with Gasteiger partial charge in [-0.3, -0.25) is 4.79 Å². The molecule has 1 aromatic carbocycles. The van der Waals surface area contributed by atoms with Crippen LogP contribution in [0.5, 0.6) is 0 Å². The van der Waals surface area contributed by atoms with E-state index in [1.165, 1.54) is 32.1 Å². The van der Waals surface area contributed by atoms with Crippen LogP contribution in [-0.4, -0.2) is 11.6 Å². The van der Waals surface area contributed by atoms with Gasteiger partial charge in [-0.1, -0.05) is 48.5 Å². The van der Waals surface area contributed by atoms with Gasteiger partial charge in [0.1, 0.15) is 5.70 Å². The maximum absolute atomic E-state index is 11.7. The highest BCUT2D eigenvalue weighted by molar-refractivity contribution is 7.15. The predicted octanol–water partition coefficient (Wildman–Crippen LogP) is 6.49. The average Bonchev–Trinajstić information content (AvgIpc) is 3.20. The lowest BCUT2D eigenvalue weighted by Crippen LogP contribution is -2.24. The Bertz CT molecular complexity index is 1020. The first-order valence-corrected chi connectivity index (χ1v) is 11.5. The second-order valence-electron chi connectivity index (χ2n) is 7.42. The highest BCUT2D eigenvalue weighted by atomic mass is 35.5. The van der Waals surface area contributed by atoms with Crippen molar-refractivity contribution in [2.75, 3.05) is 0 Å². The number of hydrogen-bond donors (Lipinski definition) is 2. The van der Waals surface area contributed by atoms with Crippen LogP contribution in [-0.2, 0) is 4.79 Å². The molecule has 4 N–H and O–H groups in total. The largest absolute Gasteiger partial charge is 0.394 e. The van der Waals surface area contributed by atoms with E-state index in [1.54, 1.807) is 36.5 Å². The van der Waals surface area contributed by atoms with Crippen molar-refractivity contribution in [3.63, 3.8) is 0 Å². The molecule has 30 heavy (non-hydrogen) atoms. The van der Waals surface area contributed by atoms with Gasteiger partial charge < -0.3 is 11.5 Å². The van der Waals surface area contributed by atoms with Crippen LogP contribution >= 0.6 is 34.5 Å². The lowest BCUT2D eigenvalue weighted by molar-refractivity contribution is -0.114. The Morgan fingerprint density at radius 3 is 2.53 bits per heavy atom. The molecule has 3 rings (SSSR count). The van der Waals surface area contributed by atoms with E-state index < -0.39 is 5.91 Å². The Labute approximate surface area is 191 Å². The summed E-state index contributed by atoms with van der Waals surface area (Å²) in [5, 5.41) is 0.940. The fourth-order valence-electron chi connectivity index (χ4n) is 3.46. The smallest absolute Gasteiger partial charge is 0.264 e. The van der Waals surface area contributed by atoms with Gasteiger partial charge in [-0.2, -0.15) is 0 Å². The van der Waals surface area contributed by atoms with E-state index in [0.29, 0.717) is 32.9 Å².